The van der Waals surface area contributed by atoms with Crippen molar-refractivity contribution < 1.29 is 22.7 Å². The third-order valence-corrected chi connectivity index (χ3v) is 3.43. The average Bonchev–Trinajstić information content (AvgIpc) is 2.95. The van der Waals surface area contributed by atoms with Crippen molar-refractivity contribution in [2.45, 2.75) is 12.6 Å². The molecule has 10 heteroatoms. The molecule has 0 fully saturated rings. The fourth-order valence-corrected chi connectivity index (χ4v) is 2.34. The Morgan fingerprint density at radius 2 is 2.17 bits per heavy atom. The maximum Gasteiger partial charge on any atom is 0.422 e. The van der Waals surface area contributed by atoms with Crippen LogP contribution in [-0.4, -0.2) is 35.2 Å². The van der Waals surface area contributed by atoms with Crippen LogP contribution in [0.3, 0.4) is 0 Å². The molecule has 0 saturated carbocycles. The second-order valence-electron chi connectivity index (χ2n) is 4.41. The van der Waals surface area contributed by atoms with Gasteiger partial charge in [0.2, 0.25) is 5.88 Å². The van der Waals surface area contributed by atoms with Crippen molar-refractivity contribution in [2.24, 2.45) is 5.73 Å². The summed E-state index contributed by atoms with van der Waals surface area (Å²) in [6, 6.07) is 2.63. The zero-order valence-electron chi connectivity index (χ0n) is 11.8. The van der Waals surface area contributed by atoms with Crippen LogP contribution in [0.4, 0.5) is 18.9 Å². The number of nitrogens with zero attached hydrogens (tertiary/aromatic N) is 2. The molecule has 0 aliphatic rings. The van der Waals surface area contributed by atoms with Crippen molar-refractivity contribution >= 4 is 22.9 Å². The second kappa shape index (κ2) is 7.38. The summed E-state index contributed by atoms with van der Waals surface area (Å²) in [5, 5.41) is 4.91. The Bertz CT molecular complexity index is 658. The normalized spacial score (nSPS) is 11.3. The molecule has 2 aromatic heterocycles. The summed E-state index contributed by atoms with van der Waals surface area (Å²) in [6.45, 7) is -0.980. The van der Waals surface area contributed by atoms with Crippen LogP contribution in [0.15, 0.2) is 23.7 Å². The van der Waals surface area contributed by atoms with Gasteiger partial charge in [0.1, 0.15) is 5.69 Å². The van der Waals surface area contributed by atoms with Crippen LogP contribution in [-0.2, 0) is 6.42 Å². The van der Waals surface area contributed by atoms with Gasteiger partial charge in [0.15, 0.2) is 6.61 Å². The quantitative estimate of drug-likeness (QED) is 0.837. The van der Waals surface area contributed by atoms with Crippen molar-refractivity contribution in [1.82, 2.24) is 9.97 Å². The number of rotatable bonds is 6. The molecule has 0 aromatic carbocycles. The van der Waals surface area contributed by atoms with E-state index in [9.17, 15) is 18.0 Å². The van der Waals surface area contributed by atoms with E-state index in [-0.39, 0.29) is 11.6 Å². The number of ether oxygens (including phenoxy) is 1. The fraction of sp³-hybridized carbons (Fsp3) is 0.308. The van der Waals surface area contributed by atoms with Gasteiger partial charge in [0.25, 0.3) is 5.91 Å². The van der Waals surface area contributed by atoms with Gasteiger partial charge >= 0.3 is 6.18 Å². The molecule has 0 radical (unpaired) electrons. The summed E-state index contributed by atoms with van der Waals surface area (Å²) in [4.78, 5) is 19.8. The number of carbonyl (C=O) groups excluding carboxylic acids is 1. The lowest BCUT2D eigenvalue weighted by Gasteiger charge is -2.08. The number of nitrogens with two attached hydrogens (primary N) is 1. The highest BCUT2D eigenvalue weighted by atomic mass is 32.1. The van der Waals surface area contributed by atoms with Crippen molar-refractivity contribution in [3.8, 4) is 5.88 Å². The van der Waals surface area contributed by atoms with E-state index in [0.29, 0.717) is 18.7 Å². The molecule has 1 amide bonds. The third-order valence-electron chi connectivity index (χ3n) is 2.52. The van der Waals surface area contributed by atoms with Gasteiger partial charge in [-0.15, -0.1) is 11.3 Å². The first-order valence-electron chi connectivity index (χ1n) is 6.49. The maximum absolute atomic E-state index is 12.0. The number of thiazole rings is 1. The Balaban J connectivity index is 1.93. The first-order valence-corrected chi connectivity index (χ1v) is 7.37. The topological polar surface area (TPSA) is 90.1 Å². The Labute approximate surface area is 133 Å². The van der Waals surface area contributed by atoms with Crippen molar-refractivity contribution in [1.29, 1.82) is 0 Å². The minimum atomic E-state index is -4.43. The maximum atomic E-state index is 12.0. The highest BCUT2D eigenvalue weighted by Gasteiger charge is 2.28. The van der Waals surface area contributed by atoms with E-state index in [1.807, 2.05) is 0 Å². The SMILES string of the molecule is NCCc1nc(C(=O)Nc2ccc(OCC(F)(F)F)nc2)cs1. The fourth-order valence-electron chi connectivity index (χ4n) is 1.54. The summed E-state index contributed by atoms with van der Waals surface area (Å²) in [6.07, 6.45) is -2.64. The number of anilines is 1. The molecule has 0 spiro atoms. The number of pyridine rings is 1. The molecule has 23 heavy (non-hydrogen) atoms. The first kappa shape index (κ1) is 17.2. The van der Waals surface area contributed by atoms with Crippen molar-refractivity contribution in [3.63, 3.8) is 0 Å². The van der Waals surface area contributed by atoms with Gasteiger partial charge in [-0.25, -0.2) is 9.97 Å². The molecule has 0 atom stereocenters. The molecule has 0 aliphatic heterocycles. The van der Waals surface area contributed by atoms with Gasteiger partial charge in [-0.1, -0.05) is 0 Å². The van der Waals surface area contributed by atoms with Gasteiger partial charge in [-0.05, 0) is 12.6 Å². The Kier molecular flexibility index (Phi) is 5.50. The largest absolute Gasteiger partial charge is 0.468 e. The number of amides is 1. The Morgan fingerprint density at radius 1 is 1.39 bits per heavy atom. The van der Waals surface area contributed by atoms with Crippen LogP contribution in [0.2, 0.25) is 0 Å². The van der Waals surface area contributed by atoms with E-state index < -0.39 is 18.7 Å². The highest BCUT2D eigenvalue weighted by Crippen LogP contribution is 2.18. The molecule has 2 aromatic rings. The minimum absolute atomic E-state index is 0.181. The molecule has 0 saturated heterocycles. The predicted octanol–water partition coefficient (Wildman–Crippen LogP) is 2.23. The Morgan fingerprint density at radius 3 is 2.78 bits per heavy atom. The van der Waals surface area contributed by atoms with Gasteiger partial charge in [-0.3, -0.25) is 4.79 Å². The van der Waals surface area contributed by atoms with Gasteiger partial charge < -0.3 is 15.8 Å². The molecule has 124 valence electrons. The number of nitrogens with one attached hydrogen (secondary N) is 1. The first-order chi connectivity index (χ1) is 10.9. The summed E-state index contributed by atoms with van der Waals surface area (Å²) >= 11 is 1.33. The summed E-state index contributed by atoms with van der Waals surface area (Å²) in [5.41, 5.74) is 5.98. The van der Waals surface area contributed by atoms with Gasteiger partial charge in [0, 0.05) is 17.9 Å². The smallest absolute Gasteiger partial charge is 0.422 e. The van der Waals surface area contributed by atoms with Crippen molar-refractivity contribution in [3.05, 3.63) is 34.4 Å². The average molecular weight is 346 g/mol. The van der Waals surface area contributed by atoms with Crippen LogP contribution in [0.25, 0.3) is 0 Å². The summed E-state index contributed by atoms with van der Waals surface area (Å²) < 4.78 is 40.5. The van der Waals surface area contributed by atoms with Crippen LogP contribution < -0.4 is 15.8 Å². The lowest BCUT2D eigenvalue weighted by Crippen LogP contribution is -2.19. The number of hydrogen-bond acceptors (Lipinski definition) is 6. The van der Waals surface area contributed by atoms with E-state index >= 15 is 0 Å². The van der Waals surface area contributed by atoms with Crippen LogP contribution in [0, 0.1) is 0 Å². The zero-order chi connectivity index (χ0) is 16.9. The zero-order valence-corrected chi connectivity index (χ0v) is 12.6. The van der Waals surface area contributed by atoms with E-state index in [1.54, 1.807) is 5.38 Å². The molecule has 6 nitrogen and oxygen atoms in total. The predicted molar refractivity (Wildman–Crippen MR) is 78.6 cm³/mol. The van der Waals surface area contributed by atoms with E-state index in [1.165, 1.54) is 29.7 Å². The lowest BCUT2D eigenvalue weighted by atomic mass is 10.3. The highest BCUT2D eigenvalue weighted by molar-refractivity contribution is 7.09. The standard InChI is InChI=1S/C13H13F3N4O2S/c14-13(15,16)7-22-10-2-1-8(5-18-10)19-12(21)9-6-23-11(20-9)3-4-17/h1-2,5-6H,3-4,7,17H2,(H,19,21). The second-order valence-corrected chi connectivity index (χ2v) is 5.35. The lowest BCUT2D eigenvalue weighted by molar-refractivity contribution is -0.154. The van der Waals surface area contributed by atoms with Crippen LogP contribution in [0.1, 0.15) is 15.5 Å². The number of carbonyl (C=O) groups is 1. The molecule has 2 heterocycles. The molecule has 2 rings (SSSR count). The number of halogens is 3. The number of hydrogen-bond donors (Lipinski definition) is 2. The van der Waals surface area contributed by atoms with Crippen LogP contribution in [0.5, 0.6) is 5.88 Å². The van der Waals surface area contributed by atoms with Crippen LogP contribution >= 0.6 is 11.3 Å². The summed E-state index contributed by atoms with van der Waals surface area (Å²) in [7, 11) is 0. The number of aromatic nitrogens is 2. The van der Waals surface area contributed by atoms with Crippen molar-refractivity contribution in [2.75, 3.05) is 18.5 Å². The molecule has 0 unspecified atom stereocenters. The Hall–Kier alpha value is -2.20. The molecular formula is C13H13F3N4O2S. The monoisotopic (exact) mass is 346 g/mol. The van der Waals surface area contributed by atoms with E-state index in [4.69, 9.17) is 5.73 Å². The molecule has 0 bridgehead atoms. The molecule has 0 aliphatic carbocycles. The van der Waals surface area contributed by atoms with E-state index in [0.717, 1.165) is 5.01 Å². The summed E-state index contributed by atoms with van der Waals surface area (Å²) in [5.74, 6) is -0.616. The van der Waals surface area contributed by atoms with Gasteiger partial charge in [-0.2, -0.15) is 13.2 Å². The number of alkyl halides is 3. The van der Waals surface area contributed by atoms with Gasteiger partial charge in [0.05, 0.1) is 16.9 Å². The molecule has 3 N–H and O–H groups in total. The third kappa shape index (κ3) is 5.49. The molecular weight excluding hydrogens is 333 g/mol. The minimum Gasteiger partial charge on any atom is -0.468 e. The van der Waals surface area contributed by atoms with E-state index in [2.05, 4.69) is 20.0 Å².